The van der Waals surface area contributed by atoms with Gasteiger partial charge in [0.2, 0.25) is 0 Å². The summed E-state index contributed by atoms with van der Waals surface area (Å²) in [5.41, 5.74) is 0. The van der Waals surface area contributed by atoms with Gasteiger partial charge in [-0.05, 0) is 44.9 Å². The van der Waals surface area contributed by atoms with Crippen molar-refractivity contribution in [3.63, 3.8) is 0 Å². The summed E-state index contributed by atoms with van der Waals surface area (Å²) in [6.45, 7) is 3.37. The van der Waals surface area contributed by atoms with Gasteiger partial charge in [0.15, 0.2) is 6.10 Å². The van der Waals surface area contributed by atoms with E-state index in [9.17, 15) is 19.3 Å². The third-order valence-electron chi connectivity index (χ3n) is 9.11. The number of allylic oxidation sites excluding steroid dienone is 11. The summed E-state index contributed by atoms with van der Waals surface area (Å²) in [5, 5.41) is 10.2. The SMILES string of the molecule is CC/C=C\C/C=C\C/C=C\C/C=C\C/C=C\C=C/C(O)CCC(=O)OC[C@H](COP(=O)(O)O)OC(=O)CCCCCCCCCCCCCCCCCCCC. The van der Waals surface area contributed by atoms with E-state index in [0.29, 0.717) is 6.42 Å². The minimum absolute atomic E-state index is 0.0868. The Morgan fingerprint density at radius 1 is 0.554 bits per heavy atom. The number of phosphoric acid groups is 1. The quantitative estimate of drug-likeness (QED) is 0.0182. The number of hydrogen-bond donors (Lipinski definition) is 3. The van der Waals surface area contributed by atoms with Crippen LogP contribution in [0.3, 0.4) is 0 Å². The summed E-state index contributed by atoms with van der Waals surface area (Å²) >= 11 is 0. The van der Waals surface area contributed by atoms with Crippen LogP contribution in [-0.2, 0) is 28.2 Å². The maximum absolute atomic E-state index is 12.4. The second kappa shape index (κ2) is 40.6. The molecule has 0 bridgehead atoms. The molecule has 0 aliphatic rings. The van der Waals surface area contributed by atoms with Crippen molar-refractivity contribution in [2.75, 3.05) is 13.2 Å². The first-order valence-corrected chi connectivity index (χ1v) is 23.4. The molecule has 0 radical (unpaired) electrons. The highest BCUT2D eigenvalue weighted by Gasteiger charge is 2.23. The van der Waals surface area contributed by atoms with Crippen LogP contribution in [0.1, 0.15) is 181 Å². The van der Waals surface area contributed by atoms with Crippen LogP contribution in [0, 0.1) is 0 Å². The number of esters is 2. The van der Waals surface area contributed by atoms with Crippen LogP contribution in [0.15, 0.2) is 72.9 Å². The Kier molecular flexibility index (Phi) is 38.8. The number of aliphatic hydroxyl groups is 1. The van der Waals surface area contributed by atoms with Gasteiger partial charge in [0, 0.05) is 12.8 Å². The molecule has 0 aliphatic carbocycles. The zero-order valence-corrected chi connectivity index (χ0v) is 36.0. The van der Waals surface area contributed by atoms with E-state index < -0.39 is 45.2 Å². The molecule has 322 valence electrons. The van der Waals surface area contributed by atoms with E-state index in [0.717, 1.165) is 51.4 Å². The van der Waals surface area contributed by atoms with E-state index in [4.69, 9.17) is 19.3 Å². The summed E-state index contributed by atoms with van der Waals surface area (Å²) in [6, 6.07) is 0. The molecule has 0 aromatic rings. The molecule has 9 nitrogen and oxygen atoms in total. The predicted molar refractivity (Wildman–Crippen MR) is 231 cm³/mol. The largest absolute Gasteiger partial charge is 0.469 e. The number of aliphatic hydroxyl groups excluding tert-OH is 1. The second-order valence-electron chi connectivity index (χ2n) is 14.5. The first-order chi connectivity index (χ1) is 27.2. The van der Waals surface area contributed by atoms with Crippen LogP contribution in [0.4, 0.5) is 0 Å². The molecule has 0 fully saturated rings. The molecule has 0 spiro atoms. The van der Waals surface area contributed by atoms with Crippen molar-refractivity contribution >= 4 is 19.8 Å². The molecule has 0 aromatic heterocycles. The zero-order valence-electron chi connectivity index (χ0n) is 35.1. The van der Waals surface area contributed by atoms with Crippen LogP contribution in [-0.4, -0.2) is 52.3 Å². The number of unbranched alkanes of at least 4 members (excludes halogenated alkanes) is 17. The highest BCUT2D eigenvalue weighted by molar-refractivity contribution is 7.46. The van der Waals surface area contributed by atoms with Crippen molar-refractivity contribution in [2.45, 2.75) is 193 Å². The van der Waals surface area contributed by atoms with E-state index in [1.807, 2.05) is 12.2 Å². The van der Waals surface area contributed by atoms with Crippen molar-refractivity contribution in [1.29, 1.82) is 0 Å². The minimum Gasteiger partial charge on any atom is -0.462 e. The normalized spacial score (nSPS) is 13.7. The lowest BCUT2D eigenvalue weighted by Gasteiger charge is -2.18. The van der Waals surface area contributed by atoms with Crippen LogP contribution in [0.2, 0.25) is 0 Å². The van der Waals surface area contributed by atoms with E-state index in [1.165, 1.54) is 89.9 Å². The van der Waals surface area contributed by atoms with Gasteiger partial charge in [-0.15, -0.1) is 0 Å². The zero-order chi connectivity index (χ0) is 41.2. The molecule has 0 saturated heterocycles. The Hall–Kier alpha value is -2.55. The van der Waals surface area contributed by atoms with Gasteiger partial charge in [-0.25, -0.2) is 4.57 Å². The average Bonchev–Trinajstić information content (AvgIpc) is 3.17. The van der Waals surface area contributed by atoms with E-state index in [-0.39, 0.29) is 19.3 Å². The Morgan fingerprint density at radius 3 is 1.46 bits per heavy atom. The molecular weight excluding hydrogens is 727 g/mol. The van der Waals surface area contributed by atoms with Crippen molar-refractivity contribution in [2.24, 2.45) is 0 Å². The fourth-order valence-corrected chi connectivity index (χ4v) is 6.20. The number of phosphoric ester groups is 1. The maximum atomic E-state index is 12.4. The number of ether oxygens (including phenoxy) is 2. The highest BCUT2D eigenvalue weighted by Crippen LogP contribution is 2.36. The first kappa shape index (κ1) is 53.5. The Balaban J connectivity index is 4.12. The van der Waals surface area contributed by atoms with Crippen LogP contribution >= 0.6 is 7.82 Å². The van der Waals surface area contributed by atoms with E-state index in [1.54, 1.807) is 12.2 Å². The van der Waals surface area contributed by atoms with Crippen LogP contribution in [0.5, 0.6) is 0 Å². The molecular formula is C46H79O9P. The smallest absolute Gasteiger partial charge is 0.462 e. The van der Waals surface area contributed by atoms with Gasteiger partial charge < -0.3 is 24.4 Å². The van der Waals surface area contributed by atoms with Gasteiger partial charge in [0.25, 0.3) is 0 Å². The van der Waals surface area contributed by atoms with E-state index in [2.05, 4.69) is 67.0 Å². The monoisotopic (exact) mass is 807 g/mol. The molecule has 0 aliphatic heterocycles. The van der Waals surface area contributed by atoms with Crippen molar-refractivity contribution in [3.8, 4) is 0 Å². The fraction of sp³-hybridized carbons (Fsp3) is 0.696. The lowest BCUT2D eigenvalue weighted by molar-refractivity contribution is -0.161. The molecule has 0 amide bonds. The molecule has 0 heterocycles. The summed E-state index contributed by atoms with van der Waals surface area (Å²) in [7, 11) is -4.81. The number of rotatable bonds is 39. The van der Waals surface area contributed by atoms with Gasteiger partial charge in [-0.3, -0.25) is 14.1 Å². The third kappa shape index (κ3) is 42.6. The Morgan fingerprint density at radius 2 is 1.00 bits per heavy atom. The van der Waals surface area contributed by atoms with Gasteiger partial charge in [0.05, 0.1) is 12.7 Å². The Bertz CT molecular complexity index is 1150. The van der Waals surface area contributed by atoms with Gasteiger partial charge in [-0.2, -0.15) is 0 Å². The van der Waals surface area contributed by atoms with Crippen molar-refractivity contribution in [1.82, 2.24) is 0 Å². The standard InChI is InChI=1S/C46H79O9P/c1-3-5-7-9-11-13-15-17-19-21-22-24-26-28-30-32-34-36-38-46(49)55-44(42-54-56(50,51)52)41-53-45(48)40-39-43(47)37-35-33-31-29-27-25-23-20-18-16-14-12-10-8-6-4-2/h6,8,12,14,18,20,25,27,31,33,35,37,43-44,47H,3-5,7,9-11,13,15-17,19,21-24,26,28-30,32,34,36,38-42H2,1-2H3,(H2,50,51,52)/b8-6-,14-12-,20-18-,27-25-,33-31-,37-35-/t43?,44-/m1/s1. The highest BCUT2D eigenvalue weighted by atomic mass is 31.2. The first-order valence-electron chi connectivity index (χ1n) is 21.8. The number of hydrogen-bond acceptors (Lipinski definition) is 7. The molecule has 0 saturated carbocycles. The molecule has 1 unspecified atom stereocenters. The molecule has 0 aromatic carbocycles. The molecule has 2 atom stereocenters. The third-order valence-corrected chi connectivity index (χ3v) is 9.59. The lowest BCUT2D eigenvalue weighted by Crippen LogP contribution is -2.29. The van der Waals surface area contributed by atoms with Crippen LogP contribution < -0.4 is 0 Å². The number of carbonyl (C=O) groups is 2. The summed E-state index contributed by atoms with van der Waals surface area (Å²) in [5.74, 6) is -1.17. The summed E-state index contributed by atoms with van der Waals surface area (Å²) < 4.78 is 26.3. The Labute approximate surface area is 341 Å². The van der Waals surface area contributed by atoms with Crippen molar-refractivity contribution < 1.29 is 43.0 Å². The summed E-state index contributed by atoms with van der Waals surface area (Å²) in [4.78, 5) is 42.9. The molecule has 3 N–H and O–H groups in total. The van der Waals surface area contributed by atoms with E-state index >= 15 is 0 Å². The second-order valence-corrected chi connectivity index (χ2v) is 15.7. The van der Waals surface area contributed by atoms with Gasteiger partial charge in [-0.1, -0.05) is 196 Å². The van der Waals surface area contributed by atoms with Gasteiger partial charge >= 0.3 is 19.8 Å². The van der Waals surface area contributed by atoms with Crippen LogP contribution in [0.25, 0.3) is 0 Å². The number of carbonyl (C=O) groups excluding carboxylic acids is 2. The molecule has 0 rings (SSSR count). The minimum atomic E-state index is -4.81. The maximum Gasteiger partial charge on any atom is 0.469 e. The summed E-state index contributed by atoms with van der Waals surface area (Å²) in [6.07, 6.45) is 49.5. The van der Waals surface area contributed by atoms with Crippen molar-refractivity contribution in [3.05, 3.63) is 72.9 Å². The molecule has 10 heteroatoms. The lowest BCUT2D eigenvalue weighted by atomic mass is 10.0. The van der Waals surface area contributed by atoms with Gasteiger partial charge in [0.1, 0.15) is 6.61 Å². The average molecular weight is 807 g/mol. The predicted octanol–water partition coefficient (Wildman–Crippen LogP) is 12.4. The topological polar surface area (TPSA) is 140 Å². The fourth-order valence-electron chi connectivity index (χ4n) is 5.84. The molecule has 56 heavy (non-hydrogen) atoms.